The minimum atomic E-state index is -0.0753. The lowest BCUT2D eigenvalue weighted by Gasteiger charge is -2.25. The van der Waals surface area contributed by atoms with Crippen molar-refractivity contribution in [2.75, 3.05) is 6.61 Å². The van der Waals surface area contributed by atoms with Crippen LogP contribution >= 0.6 is 0 Å². The van der Waals surface area contributed by atoms with E-state index >= 15 is 0 Å². The van der Waals surface area contributed by atoms with Gasteiger partial charge >= 0.3 is 0 Å². The molecule has 1 unspecified atom stereocenters. The van der Waals surface area contributed by atoms with E-state index in [0.717, 1.165) is 25.7 Å². The van der Waals surface area contributed by atoms with Crippen LogP contribution in [0, 0.1) is 0 Å². The number of hydrogen-bond donors (Lipinski definition) is 0. The van der Waals surface area contributed by atoms with Crippen LogP contribution < -0.4 is 0 Å². The van der Waals surface area contributed by atoms with Crippen molar-refractivity contribution < 1.29 is 14.3 Å². The summed E-state index contributed by atoms with van der Waals surface area (Å²) in [5, 5.41) is 0. The Balaban J connectivity index is 2.15. The van der Waals surface area contributed by atoms with E-state index in [4.69, 9.17) is 9.47 Å². The molecule has 2 atom stereocenters. The lowest BCUT2D eigenvalue weighted by Crippen LogP contribution is -2.26. The maximum atomic E-state index is 10.1. The zero-order chi connectivity index (χ0) is 8.81. The Bertz CT molecular complexity index is 130. The second kappa shape index (κ2) is 5.27. The van der Waals surface area contributed by atoms with Gasteiger partial charge in [0.15, 0.2) is 6.29 Å². The molecule has 3 nitrogen and oxygen atoms in total. The van der Waals surface area contributed by atoms with Crippen molar-refractivity contribution in [2.24, 2.45) is 0 Å². The lowest BCUT2D eigenvalue weighted by molar-refractivity contribution is -0.184. The monoisotopic (exact) mass is 172 g/mol. The van der Waals surface area contributed by atoms with Crippen LogP contribution in [0.3, 0.4) is 0 Å². The van der Waals surface area contributed by atoms with Crippen LogP contribution in [0.15, 0.2) is 0 Å². The van der Waals surface area contributed by atoms with Gasteiger partial charge in [0.2, 0.25) is 0 Å². The molecule has 0 bridgehead atoms. The number of rotatable bonds is 4. The maximum Gasteiger partial charge on any atom is 0.157 e. The number of hydrogen-bond acceptors (Lipinski definition) is 3. The van der Waals surface area contributed by atoms with Crippen LogP contribution in [0.25, 0.3) is 0 Å². The molecular weight excluding hydrogens is 156 g/mol. The fourth-order valence-corrected chi connectivity index (χ4v) is 1.27. The molecule has 0 aromatic rings. The van der Waals surface area contributed by atoms with Gasteiger partial charge in [-0.25, -0.2) is 0 Å². The van der Waals surface area contributed by atoms with Crippen molar-refractivity contribution in [3.63, 3.8) is 0 Å². The number of ether oxygens (including phenoxy) is 2. The Morgan fingerprint density at radius 1 is 1.67 bits per heavy atom. The average Bonchev–Trinajstić information content (AvgIpc) is 2.06. The van der Waals surface area contributed by atoms with E-state index in [-0.39, 0.29) is 12.4 Å². The van der Waals surface area contributed by atoms with Gasteiger partial charge in [0, 0.05) is 13.0 Å². The first-order chi connectivity index (χ1) is 5.83. The van der Waals surface area contributed by atoms with E-state index in [9.17, 15) is 4.79 Å². The molecule has 0 aliphatic carbocycles. The predicted molar refractivity (Wildman–Crippen MR) is 44.8 cm³/mol. The molecule has 0 N–H and O–H groups in total. The number of carbonyl (C=O) groups excluding carboxylic acids is 1. The fraction of sp³-hybridized carbons (Fsp3) is 0.889. The Labute approximate surface area is 73.0 Å². The highest BCUT2D eigenvalue weighted by atomic mass is 16.7. The minimum absolute atomic E-state index is 0.00870. The van der Waals surface area contributed by atoms with Crippen LogP contribution in [0.2, 0.25) is 0 Å². The highest BCUT2D eigenvalue weighted by Gasteiger charge is 2.16. The smallest absolute Gasteiger partial charge is 0.157 e. The van der Waals surface area contributed by atoms with E-state index in [1.54, 1.807) is 0 Å². The quantitative estimate of drug-likeness (QED) is 0.603. The Morgan fingerprint density at radius 3 is 3.08 bits per heavy atom. The third-order valence-electron chi connectivity index (χ3n) is 1.95. The Hall–Kier alpha value is -0.410. The second-order valence-electron chi connectivity index (χ2n) is 3.15. The topological polar surface area (TPSA) is 35.5 Å². The van der Waals surface area contributed by atoms with Gasteiger partial charge in [-0.05, 0) is 26.2 Å². The third kappa shape index (κ3) is 3.32. The largest absolute Gasteiger partial charge is 0.353 e. The van der Waals surface area contributed by atoms with Crippen LogP contribution in [0.1, 0.15) is 32.6 Å². The third-order valence-corrected chi connectivity index (χ3v) is 1.95. The van der Waals surface area contributed by atoms with Gasteiger partial charge in [-0.15, -0.1) is 0 Å². The summed E-state index contributed by atoms with van der Waals surface area (Å²) in [4.78, 5) is 10.1. The van der Waals surface area contributed by atoms with Crippen LogP contribution in [-0.4, -0.2) is 25.3 Å². The van der Waals surface area contributed by atoms with Crippen LogP contribution in [-0.2, 0) is 14.3 Å². The standard InChI is InChI=1S/C9H16O3/c1-8(5-6-10)12-9-4-2-3-7-11-9/h6,8-9H,2-5,7H2,1H3/t8-,9?/m0/s1. The van der Waals surface area contributed by atoms with Crippen LogP contribution in [0.4, 0.5) is 0 Å². The molecule has 0 radical (unpaired) electrons. The normalized spacial score (nSPS) is 26.6. The summed E-state index contributed by atoms with van der Waals surface area (Å²) < 4.78 is 10.8. The first-order valence-corrected chi connectivity index (χ1v) is 4.53. The Kier molecular flexibility index (Phi) is 4.25. The number of aldehydes is 1. The molecule has 1 rings (SSSR count). The predicted octanol–water partition coefficient (Wildman–Crippen LogP) is 1.51. The summed E-state index contributed by atoms with van der Waals surface area (Å²) in [6.07, 6.45) is 4.51. The lowest BCUT2D eigenvalue weighted by atomic mass is 10.2. The summed E-state index contributed by atoms with van der Waals surface area (Å²) in [5.74, 6) is 0. The Morgan fingerprint density at radius 2 is 2.50 bits per heavy atom. The van der Waals surface area contributed by atoms with Crippen molar-refractivity contribution in [3.05, 3.63) is 0 Å². The molecule has 0 spiro atoms. The van der Waals surface area contributed by atoms with Crippen molar-refractivity contribution >= 4 is 6.29 Å². The molecule has 1 fully saturated rings. The fourth-order valence-electron chi connectivity index (χ4n) is 1.27. The minimum Gasteiger partial charge on any atom is -0.353 e. The maximum absolute atomic E-state index is 10.1. The molecular formula is C9H16O3. The van der Waals surface area contributed by atoms with E-state index < -0.39 is 0 Å². The van der Waals surface area contributed by atoms with Gasteiger partial charge in [-0.3, -0.25) is 0 Å². The van der Waals surface area contributed by atoms with Crippen molar-refractivity contribution in [3.8, 4) is 0 Å². The average molecular weight is 172 g/mol. The van der Waals surface area contributed by atoms with E-state index in [1.807, 2.05) is 6.92 Å². The molecule has 1 aliphatic heterocycles. The molecule has 1 aliphatic rings. The first kappa shape index (κ1) is 9.68. The summed E-state index contributed by atoms with van der Waals surface area (Å²) in [5.41, 5.74) is 0. The molecule has 12 heavy (non-hydrogen) atoms. The molecule has 1 heterocycles. The van der Waals surface area contributed by atoms with Gasteiger partial charge in [0.1, 0.15) is 6.29 Å². The zero-order valence-corrected chi connectivity index (χ0v) is 7.49. The van der Waals surface area contributed by atoms with E-state index in [2.05, 4.69) is 0 Å². The molecule has 0 aromatic carbocycles. The second-order valence-corrected chi connectivity index (χ2v) is 3.15. The molecule has 1 saturated heterocycles. The zero-order valence-electron chi connectivity index (χ0n) is 7.49. The molecule has 70 valence electrons. The van der Waals surface area contributed by atoms with Gasteiger partial charge < -0.3 is 14.3 Å². The summed E-state index contributed by atoms with van der Waals surface area (Å²) in [6.45, 7) is 2.69. The van der Waals surface area contributed by atoms with Gasteiger partial charge in [-0.1, -0.05) is 0 Å². The van der Waals surface area contributed by atoms with Crippen molar-refractivity contribution in [1.82, 2.24) is 0 Å². The SMILES string of the molecule is C[C@@H](CC=O)OC1CCCCO1. The first-order valence-electron chi connectivity index (χ1n) is 4.53. The van der Waals surface area contributed by atoms with Crippen molar-refractivity contribution in [1.29, 1.82) is 0 Å². The summed E-state index contributed by atoms with van der Waals surface area (Å²) >= 11 is 0. The molecule has 0 aromatic heterocycles. The highest BCUT2D eigenvalue weighted by Crippen LogP contribution is 2.15. The highest BCUT2D eigenvalue weighted by molar-refractivity contribution is 5.49. The van der Waals surface area contributed by atoms with E-state index in [1.165, 1.54) is 6.42 Å². The summed E-state index contributed by atoms with van der Waals surface area (Å²) in [6, 6.07) is 0. The molecule has 0 amide bonds. The van der Waals surface area contributed by atoms with Crippen LogP contribution in [0.5, 0.6) is 0 Å². The summed E-state index contributed by atoms with van der Waals surface area (Å²) in [7, 11) is 0. The van der Waals surface area contributed by atoms with Gasteiger partial charge in [0.25, 0.3) is 0 Å². The molecule has 3 heteroatoms. The van der Waals surface area contributed by atoms with Gasteiger partial charge in [-0.2, -0.15) is 0 Å². The number of carbonyl (C=O) groups is 1. The molecule has 0 saturated carbocycles. The van der Waals surface area contributed by atoms with Gasteiger partial charge in [0.05, 0.1) is 6.10 Å². The van der Waals surface area contributed by atoms with Crippen molar-refractivity contribution in [2.45, 2.75) is 45.0 Å². The van der Waals surface area contributed by atoms with E-state index in [0.29, 0.717) is 6.42 Å².